The summed E-state index contributed by atoms with van der Waals surface area (Å²) in [5.41, 5.74) is 2.05. The van der Waals surface area contributed by atoms with Crippen LogP contribution in [0.4, 0.5) is 0 Å². The van der Waals surface area contributed by atoms with Crippen molar-refractivity contribution in [1.82, 2.24) is 19.7 Å². The predicted octanol–water partition coefficient (Wildman–Crippen LogP) is 2.95. The first kappa shape index (κ1) is 18.8. The van der Waals surface area contributed by atoms with Crippen LogP contribution >= 0.6 is 11.6 Å². The molecule has 0 atom stereocenters. The molecule has 3 aromatic rings. The predicted molar refractivity (Wildman–Crippen MR) is 103 cm³/mol. The molecule has 1 aliphatic rings. The van der Waals surface area contributed by atoms with Gasteiger partial charge in [0.05, 0.1) is 21.8 Å². The maximum atomic E-state index is 12.5. The minimum absolute atomic E-state index is 0.0858. The quantitative estimate of drug-likeness (QED) is 0.485. The molecule has 0 unspecified atom stereocenters. The summed E-state index contributed by atoms with van der Waals surface area (Å²) in [5.74, 6) is -1.50. The molecular formula is C20H15ClN4O4. The molecule has 1 aliphatic heterocycles. The first-order valence-corrected chi connectivity index (χ1v) is 9.07. The Labute approximate surface area is 170 Å². The van der Waals surface area contributed by atoms with E-state index in [9.17, 15) is 14.4 Å². The summed E-state index contributed by atoms with van der Waals surface area (Å²) in [6.07, 6.45) is 0. The van der Waals surface area contributed by atoms with Crippen LogP contribution in [-0.4, -0.2) is 44.2 Å². The van der Waals surface area contributed by atoms with Crippen LogP contribution in [0.15, 0.2) is 42.5 Å². The van der Waals surface area contributed by atoms with Gasteiger partial charge in [-0.2, -0.15) is 5.10 Å². The summed E-state index contributed by atoms with van der Waals surface area (Å²) in [4.78, 5) is 42.4. The van der Waals surface area contributed by atoms with E-state index in [2.05, 4.69) is 10.1 Å². The van der Waals surface area contributed by atoms with Crippen molar-refractivity contribution >= 4 is 29.4 Å². The van der Waals surface area contributed by atoms with Gasteiger partial charge < -0.3 is 4.74 Å². The number of halogens is 1. The Bertz CT molecular complexity index is 1140. The molecule has 1 aromatic carbocycles. The van der Waals surface area contributed by atoms with Crippen molar-refractivity contribution in [3.05, 3.63) is 75.7 Å². The minimum Gasteiger partial charge on any atom is -0.439 e. The van der Waals surface area contributed by atoms with E-state index in [-0.39, 0.29) is 21.8 Å². The molecule has 0 bridgehead atoms. The van der Waals surface area contributed by atoms with Crippen molar-refractivity contribution in [1.29, 1.82) is 0 Å². The molecule has 9 heteroatoms. The van der Waals surface area contributed by atoms with Gasteiger partial charge in [0.25, 0.3) is 11.8 Å². The van der Waals surface area contributed by atoms with Gasteiger partial charge in [0.2, 0.25) is 0 Å². The van der Waals surface area contributed by atoms with Crippen LogP contribution in [0.2, 0.25) is 5.02 Å². The number of imide groups is 1. The molecule has 3 heterocycles. The average molecular weight is 411 g/mol. The maximum Gasteiger partial charge on any atom is 0.360 e. The van der Waals surface area contributed by atoms with E-state index in [1.54, 1.807) is 35.0 Å². The number of nitrogens with zero attached hydrogens (tertiary/aromatic N) is 4. The third-order valence-corrected chi connectivity index (χ3v) is 4.76. The van der Waals surface area contributed by atoms with Gasteiger partial charge >= 0.3 is 5.97 Å². The molecule has 0 saturated heterocycles. The van der Waals surface area contributed by atoms with Gasteiger partial charge in [-0.1, -0.05) is 23.7 Å². The third-order valence-electron chi connectivity index (χ3n) is 4.45. The van der Waals surface area contributed by atoms with Crippen LogP contribution in [0.25, 0.3) is 5.82 Å². The molecule has 29 heavy (non-hydrogen) atoms. The number of hydrogen-bond acceptors (Lipinski definition) is 6. The number of ether oxygens (including phenoxy) is 1. The van der Waals surface area contributed by atoms with Gasteiger partial charge in [-0.05, 0) is 44.2 Å². The smallest absolute Gasteiger partial charge is 0.360 e. The fourth-order valence-electron chi connectivity index (χ4n) is 3.10. The van der Waals surface area contributed by atoms with Crippen molar-refractivity contribution in [3.63, 3.8) is 0 Å². The van der Waals surface area contributed by atoms with Crippen LogP contribution in [0.1, 0.15) is 42.6 Å². The lowest BCUT2D eigenvalue weighted by atomic mass is 10.1. The van der Waals surface area contributed by atoms with Gasteiger partial charge in [-0.25, -0.2) is 19.4 Å². The highest BCUT2D eigenvalue weighted by atomic mass is 35.5. The summed E-state index contributed by atoms with van der Waals surface area (Å²) in [5, 5.41) is 4.41. The Morgan fingerprint density at radius 1 is 1.07 bits per heavy atom. The van der Waals surface area contributed by atoms with E-state index in [4.69, 9.17) is 16.3 Å². The lowest BCUT2D eigenvalue weighted by molar-refractivity contribution is 0.0223. The Morgan fingerprint density at radius 3 is 2.31 bits per heavy atom. The highest BCUT2D eigenvalue weighted by Gasteiger charge is 2.36. The van der Waals surface area contributed by atoms with Gasteiger partial charge in [0.1, 0.15) is 0 Å². The molecule has 0 N–H and O–H groups in total. The number of hydrogen-bond donors (Lipinski definition) is 0. The fourth-order valence-corrected chi connectivity index (χ4v) is 3.28. The zero-order chi connectivity index (χ0) is 20.7. The number of pyridine rings is 1. The monoisotopic (exact) mass is 410 g/mol. The lowest BCUT2D eigenvalue weighted by Crippen LogP contribution is -2.33. The third kappa shape index (κ3) is 3.27. The van der Waals surface area contributed by atoms with Crippen molar-refractivity contribution in [2.45, 2.75) is 13.8 Å². The number of fused-ring (bicyclic) bond motifs is 1. The van der Waals surface area contributed by atoms with Crippen LogP contribution < -0.4 is 0 Å². The highest BCUT2D eigenvalue weighted by Crippen LogP contribution is 2.23. The summed E-state index contributed by atoms with van der Waals surface area (Å²) >= 11 is 6.11. The number of aromatic nitrogens is 3. The molecule has 2 aromatic heterocycles. The average Bonchev–Trinajstić information content (AvgIpc) is 3.17. The maximum absolute atomic E-state index is 12.5. The molecule has 0 aliphatic carbocycles. The Balaban J connectivity index is 1.54. The molecule has 0 saturated carbocycles. The van der Waals surface area contributed by atoms with E-state index in [1.807, 2.05) is 19.9 Å². The molecule has 4 rings (SSSR count). The molecule has 0 spiro atoms. The van der Waals surface area contributed by atoms with Crippen molar-refractivity contribution in [2.24, 2.45) is 0 Å². The largest absolute Gasteiger partial charge is 0.439 e. The second-order valence-electron chi connectivity index (χ2n) is 6.48. The summed E-state index contributed by atoms with van der Waals surface area (Å²) in [6.45, 7) is 3.17. The molecule has 146 valence electrons. The van der Waals surface area contributed by atoms with E-state index < -0.39 is 24.5 Å². The van der Waals surface area contributed by atoms with Gasteiger partial charge in [0, 0.05) is 5.69 Å². The number of esters is 1. The minimum atomic E-state index is -0.852. The van der Waals surface area contributed by atoms with Crippen LogP contribution in [-0.2, 0) is 4.74 Å². The van der Waals surface area contributed by atoms with E-state index in [0.29, 0.717) is 5.82 Å². The SMILES string of the molecule is Cc1cc(C)n(-c2ccc(Cl)c(C(=O)OCN3C(=O)c4ccccc4C3=O)n2)n1. The van der Waals surface area contributed by atoms with Crippen LogP contribution in [0.5, 0.6) is 0 Å². The number of aryl methyl sites for hydroxylation is 2. The van der Waals surface area contributed by atoms with Gasteiger partial charge in [-0.3, -0.25) is 9.59 Å². The normalized spacial score (nSPS) is 13.0. The topological polar surface area (TPSA) is 94.4 Å². The van der Waals surface area contributed by atoms with Crippen LogP contribution in [0.3, 0.4) is 0 Å². The molecule has 2 amide bonds. The summed E-state index contributed by atoms with van der Waals surface area (Å²) < 4.78 is 6.74. The Morgan fingerprint density at radius 2 is 1.72 bits per heavy atom. The number of amides is 2. The van der Waals surface area contributed by atoms with Gasteiger partial charge in [0.15, 0.2) is 18.2 Å². The molecule has 8 nitrogen and oxygen atoms in total. The summed E-state index contributed by atoms with van der Waals surface area (Å²) in [7, 11) is 0. The molecule has 0 radical (unpaired) electrons. The van der Waals surface area contributed by atoms with Crippen molar-refractivity contribution in [2.75, 3.05) is 6.73 Å². The van der Waals surface area contributed by atoms with Gasteiger partial charge in [-0.15, -0.1) is 0 Å². The highest BCUT2D eigenvalue weighted by molar-refractivity contribution is 6.33. The number of carbonyl (C=O) groups is 3. The van der Waals surface area contributed by atoms with Crippen molar-refractivity contribution < 1.29 is 19.1 Å². The standard InChI is InChI=1S/C20H15ClN4O4/c1-11-9-12(2)25(23-11)16-8-7-15(21)17(22-16)20(28)29-10-24-18(26)13-5-3-4-6-14(13)19(24)27/h3-9H,10H2,1-2H3. The zero-order valence-electron chi connectivity index (χ0n) is 15.5. The fraction of sp³-hybridized carbons (Fsp3) is 0.150. The molecular weight excluding hydrogens is 396 g/mol. The Kier molecular flexibility index (Phi) is 4.63. The number of carbonyl (C=O) groups excluding carboxylic acids is 3. The first-order chi connectivity index (χ1) is 13.9. The second kappa shape index (κ2) is 7.14. The molecule has 0 fully saturated rings. The van der Waals surface area contributed by atoms with Crippen molar-refractivity contribution in [3.8, 4) is 5.82 Å². The van der Waals surface area contributed by atoms with E-state index >= 15 is 0 Å². The van der Waals surface area contributed by atoms with E-state index in [1.165, 1.54) is 6.07 Å². The van der Waals surface area contributed by atoms with Crippen LogP contribution in [0, 0.1) is 13.8 Å². The zero-order valence-corrected chi connectivity index (χ0v) is 16.3. The van der Waals surface area contributed by atoms with E-state index in [0.717, 1.165) is 16.3 Å². The summed E-state index contributed by atoms with van der Waals surface area (Å²) in [6, 6.07) is 11.4. The number of benzene rings is 1. The second-order valence-corrected chi connectivity index (χ2v) is 6.89. The first-order valence-electron chi connectivity index (χ1n) is 8.69. The number of rotatable bonds is 4. The Hall–Kier alpha value is -3.52. The lowest BCUT2D eigenvalue weighted by Gasteiger charge is -2.14.